The van der Waals surface area contributed by atoms with Crippen LogP contribution in [-0.2, 0) is 19.6 Å². The van der Waals surface area contributed by atoms with E-state index in [4.69, 9.17) is 4.55 Å². The van der Waals surface area contributed by atoms with Gasteiger partial charge in [-0.2, -0.15) is 8.42 Å². The number of carbonyl (C=O) groups excluding carboxylic acids is 1. The van der Waals surface area contributed by atoms with Gasteiger partial charge in [0.1, 0.15) is 0 Å². The van der Waals surface area contributed by atoms with Crippen molar-refractivity contribution in [1.82, 2.24) is 0 Å². The number of carbonyl (C=O) groups is 1. The first-order chi connectivity index (χ1) is 4.88. The van der Waals surface area contributed by atoms with Crippen LogP contribution in [0.4, 0.5) is 0 Å². The van der Waals surface area contributed by atoms with Gasteiger partial charge in [-0.3, -0.25) is 4.55 Å². The van der Waals surface area contributed by atoms with Crippen LogP contribution in [0.15, 0.2) is 12.7 Å². The van der Waals surface area contributed by atoms with Gasteiger partial charge in [-0.05, 0) is 6.92 Å². The fourth-order valence-electron chi connectivity index (χ4n) is 0.272. The molecule has 0 amide bonds. The SMILES string of the molecule is C=CC(=O)OC(C)S(=O)(=O)O.[NaH]. The van der Waals surface area contributed by atoms with Gasteiger partial charge in [-0.1, -0.05) is 6.58 Å². The second-order valence-corrected chi connectivity index (χ2v) is 3.42. The van der Waals surface area contributed by atoms with Gasteiger partial charge in [-0.15, -0.1) is 0 Å². The molecule has 0 aliphatic carbocycles. The summed E-state index contributed by atoms with van der Waals surface area (Å²) < 4.78 is 32.9. The molecule has 0 saturated carbocycles. The van der Waals surface area contributed by atoms with Crippen molar-refractivity contribution in [3.8, 4) is 0 Å². The Labute approximate surface area is 92.8 Å². The third-order valence-electron chi connectivity index (χ3n) is 0.868. The van der Waals surface area contributed by atoms with Gasteiger partial charge in [0.15, 0.2) is 0 Å². The molecule has 1 N–H and O–H groups in total. The van der Waals surface area contributed by atoms with E-state index >= 15 is 0 Å². The fourth-order valence-corrected chi connectivity index (χ4v) is 0.489. The molecule has 0 spiro atoms. The van der Waals surface area contributed by atoms with Crippen LogP contribution in [-0.4, -0.2) is 53.9 Å². The van der Waals surface area contributed by atoms with Gasteiger partial charge in [0, 0.05) is 6.08 Å². The Morgan fingerprint density at radius 3 is 2.33 bits per heavy atom. The fraction of sp³-hybridized carbons (Fsp3) is 0.400. The summed E-state index contributed by atoms with van der Waals surface area (Å²) >= 11 is 0. The molecule has 0 aromatic heterocycles. The summed E-state index contributed by atoms with van der Waals surface area (Å²) in [5, 5.41) is 0. The molecule has 0 fully saturated rings. The summed E-state index contributed by atoms with van der Waals surface area (Å²) in [5.41, 5.74) is -1.55. The topological polar surface area (TPSA) is 80.7 Å². The van der Waals surface area contributed by atoms with Gasteiger partial charge in [0.2, 0.25) is 5.44 Å². The van der Waals surface area contributed by atoms with Gasteiger partial charge >= 0.3 is 45.6 Å². The molecule has 0 aliphatic heterocycles. The molecule has 66 valence electrons. The molecule has 0 aliphatic rings. The zero-order valence-corrected chi connectivity index (χ0v) is 6.67. The van der Waals surface area contributed by atoms with Gasteiger partial charge < -0.3 is 4.74 Å². The molecule has 0 heterocycles. The van der Waals surface area contributed by atoms with Crippen molar-refractivity contribution in [2.45, 2.75) is 12.4 Å². The number of esters is 1. The molecule has 0 radical (unpaired) electrons. The number of hydrogen-bond acceptors (Lipinski definition) is 4. The maximum atomic E-state index is 10.4. The van der Waals surface area contributed by atoms with Crippen LogP contribution in [0.5, 0.6) is 0 Å². The van der Waals surface area contributed by atoms with E-state index in [1.54, 1.807) is 0 Å². The maximum absolute atomic E-state index is 10.4. The van der Waals surface area contributed by atoms with Crippen LogP contribution < -0.4 is 0 Å². The summed E-state index contributed by atoms with van der Waals surface area (Å²) in [4.78, 5) is 10.4. The van der Waals surface area contributed by atoms with Crippen LogP contribution >= 0.6 is 0 Å². The van der Waals surface area contributed by atoms with Crippen molar-refractivity contribution < 1.29 is 22.5 Å². The van der Waals surface area contributed by atoms with Crippen LogP contribution in [0.2, 0.25) is 0 Å². The molecule has 0 aromatic rings. The van der Waals surface area contributed by atoms with Crippen LogP contribution in [0.25, 0.3) is 0 Å². The van der Waals surface area contributed by atoms with E-state index in [9.17, 15) is 13.2 Å². The minimum absolute atomic E-state index is 0. The molecule has 12 heavy (non-hydrogen) atoms. The Morgan fingerprint density at radius 1 is 1.67 bits per heavy atom. The van der Waals surface area contributed by atoms with E-state index < -0.39 is 21.5 Å². The summed E-state index contributed by atoms with van der Waals surface area (Å²) in [6.07, 6.45) is 0.807. The molecule has 0 aromatic carbocycles. The number of hydrogen-bond donors (Lipinski definition) is 1. The van der Waals surface area contributed by atoms with Gasteiger partial charge in [0.25, 0.3) is 0 Å². The van der Waals surface area contributed by atoms with Gasteiger partial charge in [0.05, 0.1) is 0 Å². The molecule has 0 bridgehead atoms. The molecular weight excluding hydrogens is 195 g/mol. The monoisotopic (exact) mass is 204 g/mol. The first-order valence-electron chi connectivity index (χ1n) is 2.67. The van der Waals surface area contributed by atoms with Crippen molar-refractivity contribution in [3.63, 3.8) is 0 Å². The first-order valence-corrected chi connectivity index (χ1v) is 4.17. The molecule has 0 saturated heterocycles. The number of ether oxygens (including phenoxy) is 1. The van der Waals surface area contributed by atoms with Crippen molar-refractivity contribution >= 4 is 45.6 Å². The van der Waals surface area contributed by atoms with E-state index in [1.807, 2.05) is 0 Å². The predicted octanol–water partition coefficient (Wildman–Crippen LogP) is -0.699. The van der Waals surface area contributed by atoms with E-state index in [1.165, 1.54) is 0 Å². The average Bonchev–Trinajstić information content (AvgIpc) is 1.85. The van der Waals surface area contributed by atoms with E-state index in [2.05, 4.69) is 11.3 Å². The summed E-state index contributed by atoms with van der Waals surface area (Å²) in [7, 11) is -4.30. The normalized spacial score (nSPS) is 12.5. The van der Waals surface area contributed by atoms with Crippen LogP contribution in [0, 0.1) is 0 Å². The predicted molar refractivity (Wildman–Crippen MR) is 44.4 cm³/mol. The summed E-state index contributed by atoms with van der Waals surface area (Å²) in [6, 6.07) is 0. The van der Waals surface area contributed by atoms with Gasteiger partial charge in [-0.25, -0.2) is 4.79 Å². The Kier molecular flexibility index (Phi) is 6.97. The second-order valence-electron chi connectivity index (χ2n) is 1.72. The Bertz CT molecular complexity index is 257. The molecule has 7 heteroatoms. The molecule has 1 unspecified atom stereocenters. The molecule has 0 rings (SSSR count). The quantitative estimate of drug-likeness (QED) is 0.284. The Balaban J connectivity index is 0. The first kappa shape index (κ1) is 14.6. The molecule has 1 atom stereocenters. The number of rotatable bonds is 3. The van der Waals surface area contributed by atoms with Crippen molar-refractivity contribution in [2.24, 2.45) is 0 Å². The third-order valence-corrected chi connectivity index (χ3v) is 1.80. The molecular formula is C5H9NaO5S. The standard InChI is InChI=1S/C5H8O5S.Na.H/c1-3-5(6)10-4(2)11(7,8)9;;/h3-4H,1H2,2H3,(H,7,8,9);;. The van der Waals surface area contributed by atoms with E-state index in [0.717, 1.165) is 13.0 Å². The Morgan fingerprint density at radius 2 is 2.08 bits per heavy atom. The van der Waals surface area contributed by atoms with Crippen molar-refractivity contribution in [1.29, 1.82) is 0 Å². The second kappa shape index (κ2) is 5.71. The zero-order valence-electron chi connectivity index (χ0n) is 5.85. The average molecular weight is 204 g/mol. The van der Waals surface area contributed by atoms with Crippen LogP contribution in [0.1, 0.15) is 6.92 Å². The van der Waals surface area contributed by atoms with E-state index in [-0.39, 0.29) is 29.6 Å². The van der Waals surface area contributed by atoms with Crippen LogP contribution in [0.3, 0.4) is 0 Å². The minimum atomic E-state index is -4.30. The van der Waals surface area contributed by atoms with E-state index in [0.29, 0.717) is 0 Å². The Hall–Kier alpha value is 0.120. The van der Waals surface area contributed by atoms with Crippen molar-refractivity contribution in [2.75, 3.05) is 0 Å². The molecule has 5 nitrogen and oxygen atoms in total. The third kappa shape index (κ3) is 5.73. The van der Waals surface area contributed by atoms with Crippen molar-refractivity contribution in [3.05, 3.63) is 12.7 Å². The zero-order chi connectivity index (χ0) is 9.07. The summed E-state index contributed by atoms with van der Waals surface area (Å²) in [6.45, 7) is 4.08. The summed E-state index contributed by atoms with van der Waals surface area (Å²) in [5.74, 6) is -0.893.